The molecule has 0 aromatic carbocycles. The fourth-order valence-corrected chi connectivity index (χ4v) is 4.31. The summed E-state index contributed by atoms with van der Waals surface area (Å²) in [5, 5.41) is 1.43. The molecule has 0 radical (unpaired) electrons. The zero-order valence-corrected chi connectivity index (χ0v) is 16.8. The number of rotatable bonds is 5. The van der Waals surface area contributed by atoms with E-state index in [1.165, 1.54) is 25.1 Å². The highest BCUT2D eigenvalue weighted by Gasteiger charge is 2.47. The van der Waals surface area contributed by atoms with Crippen LogP contribution in [0.4, 0.5) is 0 Å². The summed E-state index contributed by atoms with van der Waals surface area (Å²) in [6, 6.07) is 7.38. The number of ketones is 1. The Morgan fingerprint density at radius 1 is 1.22 bits per heavy atom. The topological polar surface area (TPSA) is 64.4 Å². The number of aliphatic imine (C=N–C) groups is 1. The van der Waals surface area contributed by atoms with Crippen molar-refractivity contribution in [3.8, 4) is 0 Å². The molecule has 0 saturated heterocycles. The van der Waals surface area contributed by atoms with Gasteiger partial charge in [0.15, 0.2) is 17.1 Å². The van der Waals surface area contributed by atoms with Gasteiger partial charge in [0, 0.05) is 30.8 Å². The van der Waals surface area contributed by atoms with Gasteiger partial charge in [-0.05, 0) is 38.0 Å². The summed E-state index contributed by atoms with van der Waals surface area (Å²) in [4.78, 5) is 25.2. The lowest BCUT2D eigenvalue weighted by Gasteiger charge is -2.27. The second-order valence-corrected chi connectivity index (χ2v) is 8.61. The van der Waals surface area contributed by atoms with E-state index < -0.39 is 5.54 Å². The summed E-state index contributed by atoms with van der Waals surface area (Å²) in [6.07, 6.45) is 6.82. The number of Topliss-reactive ketones (excluding diaryl/α,β-unsaturated/α-hetero) is 1. The zero-order chi connectivity index (χ0) is 19.0. The quantitative estimate of drug-likeness (QED) is 0.667. The third kappa shape index (κ3) is 3.60. The maximum atomic E-state index is 11.5. The van der Waals surface area contributed by atoms with Gasteiger partial charge in [0.1, 0.15) is 11.2 Å². The predicted molar refractivity (Wildman–Crippen MR) is 106 cm³/mol. The van der Waals surface area contributed by atoms with Crippen LogP contribution in [0.1, 0.15) is 49.2 Å². The van der Waals surface area contributed by atoms with E-state index in [0.29, 0.717) is 16.6 Å². The number of carbonyl (C=O) groups is 1. The largest absolute Gasteiger partial charge is 0.463 e. The number of aromatic nitrogens is 2. The van der Waals surface area contributed by atoms with Gasteiger partial charge in [-0.3, -0.25) is 9.78 Å². The van der Waals surface area contributed by atoms with Crippen LogP contribution in [0.25, 0.3) is 0 Å². The maximum absolute atomic E-state index is 11.5. The molecule has 140 valence electrons. The first-order valence-corrected chi connectivity index (χ1v) is 10.2. The molecule has 1 fully saturated rings. The Bertz CT molecular complexity index is 881. The van der Waals surface area contributed by atoms with Crippen LogP contribution < -0.4 is 0 Å². The van der Waals surface area contributed by atoms with Crippen molar-refractivity contribution >= 4 is 35.0 Å². The summed E-state index contributed by atoms with van der Waals surface area (Å²) in [5.41, 5.74) is 0.521. The lowest BCUT2D eigenvalue weighted by Crippen LogP contribution is -2.30. The minimum atomic E-state index is -0.598. The number of ether oxygens (including phenoxy) is 1. The SMILES string of the molecule is CC(=O)c1ccc(C2(C)N=C(C3CCC3)OC2Sc2ccc(Cl)cn2)cn1. The molecule has 1 aliphatic heterocycles. The number of hydrogen-bond acceptors (Lipinski definition) is 6. The Labute approximate surface area is 167 Å². The van der Waals surface area contributed by atoms with Gasteiger partial charge >= 0.3 is 0 Å². The maximum Gasteiger partial charge on any atom is 0.189 e. The molecular formula is C20H20ClN3O2S. The fraction of sp³-hybridized carbons (Fsp3) is 0.400. The fourth-order valence-electron chi connectivity index (χ4n) is 3.16. The van der Waals surface area contributed by atoms with E-state index in [1.807, 2.05) is 18.2 Å². The highest BCUT2D eigenvalue weighted by Crippen LogP contribution is 2.46. The van der Waals surface area contributed by atoms with Gasteiger partial charge in [-0.25, -0.2) is 9.98 Å². The molecule has 0 spiro atoms. The molecule has 27 heavy (non-hydrogen) atoms. The smallest absolute Gasteiger partial charge is 0.189 e. The second kappa shape index (κ2) is 7.24. The van der Waals surface area contributed by atoms with Crippen molar-refractivity contribution in [3.63, 3.8) is 0 Å². The number of pyridine rings is 2. The number of halogens is 1. The standard InChI is InChI=1S/C20H20ClN3O2S/c1-12(25)16-8-6-14(10-22-16)20(2)19(26-18(24-20)13-4-3-5-13)27-17-9-7-15(21)11-23-17/h6-11,13,19H,3-5H2,1-2H3. The van der Waals surface area contributed by atoms with E-state index in [9.17, 15) is 4.79 Å². The molecule has 1 aliphatic carbocycles. The minimum absolute atomic E-state index is 0.0516. The van der Waals surface area contributed by atoms with Crippen LogP contribution in [0.5, 0.6) is 0 Å². The second-order valence-electron chi connectivity index (χ2n) is 7.10. The molecule has 5 nitrogen and oxygen atoms in total. The summed E-state index contributed by atoms with van der Waals surface area (Å²) < 4.78 is 6.29. The first-order valence-electron chi connectivity index (χ1n) is 8.98. The highest BCUT2D eigenvalue weighted by molar-refractivity contribution is 7.99. The van der Waals surface area contributed by atoms with Crippen LogP contribution in [-0.2, 0) is 10.3 Å². The van der Waals surface area contributed by atoms with Crippen molar-refractivity contribution in [2.45, 2.75) is 49.1 Å². The van der Waals surface area contributed by atoms with E-state index in [4.69, 9.17) is 21.3 Å². The van der Waals surface area contributed by atoms with E-state index in [-0.39, 0.29) is 11.2 Å². The van der Waals surface area contributed by atoms with Crippen LogP contribution in [0.2, 0.25) is 5.02 Å². The van der Waals surface area contributed by atoms with Crippen molar-refractivity contribution in [2.75, 3.05) is 0 Å². The van der Waals surface area contributed by atoms with Crippen LogP contribution in [0, 0.1) is 5.92 Å². The van der Waals surface area contributed by atoms with Gasteiger partial charge in [-0.1, -0.05) is 35.9 Å². The number of carbonyl (C=O) groups excluding carboxylic acids is 1. The molecule has 0 N–H and O–H groups in total. The highest BCUT2D eigenvalue weighted by atomic mass is 35.5. The summed E-state index contributed by atoms with van der Waals surface area (Å²) in [5.74, 6) is 1.17. The molecule has 3 heterocycles. The Hall–Kier alpha value is -1.92. The first kappa shape index (κ1) is 18.4. The predicted octanol–water partition coefficient (Wildman–Crippen LogP) is 4.90. The third-order valence-electron chi connectivity index (χ3n) is 5.12. The van der Waals surface area contributed by atoms with Gasteiger partial charge in [0.2, 0.25) is 0 Å². The molecule has 2 unspecified atom stereocenters. The van der Waals surface area contributed by atoms with Crippen molar-refractivity contribution in [2.24, 2.45) is 10.9 Å². The van der Waals surface area contributed by atoms with Gasteiger partial charge in [-0.15, -0.1) is 0 Å². The molecule has 0 amide bonds. The Balaban J connectivity index is 1.66. The lowest BCUT2D eigenvalue weighted by molar-refractivity contribution is 0.101. The molecule has 2 atom stereocenters. The Morgan fingerprint density at radius 2 is 2.04 bits per heavy atom. The first-order chi connectivity index (χ1) is 13.0. The molecular weight excluding hydrogens is 382 g/mol. The van der Waals surface area contributed by atoms with Crippen LogP contribution in [0.3, 0.4) is 0 Å². The molecule has 2 aliphatic rings. The average molecular weight is 402 g/mol. The van der Waals surface area contributed by atoms with E-state index >= 15 is 0 Å². The summed E-state index contributed by atoms with van der Waals surface area (Å²) in [7, 11) is 0. The summed E-state index contributed by atoms with van der Waals surface area (Å²) >= 11 is 7.48. The Kier molecular flexibility index (Phi) is 4.95. The molecule has 0 bridgehead atoms. The van der Waals surface area contributed by atoms with Gasteiger partial charge in [0.05, 0.1) is 10.0 Å². The number of hydrogen-bond donors (Lipinski definition) is 0. The van der Waals surface area contributed by atoms with E-state index in [2.05, 4.69) is 16.9 Å². The van der Waals surface area contributed by atoms with E-state index in [0.717, 1.165) is 29.3 Å². The minimum Gasteiger partial charge on any atom is -0.463 e. The summed E-state index contributed by atoms with van der Waals surface area (Å²) in [6.45, 7) is 3.57. The Morgan fingerprint density at radius 3 is 2.59 bits per heavy atom. The van der Waals surface area contributed by atoms with Crippen molar-refractivity contribution in [1.29, 1.82) is 0 Å². The van der Waals surface area contributed by atoms with Crippen LogP contribution in [-0.4, -0.2) is 27.1 Å². The van der Waals surface area contributed by atoms with Gasteiger partial charge < -0.3 is 4.74 Å². The van der Waals surface area contributed by atoms with Gasteiger partial charge in [0.25, 0.3) is 0 Å². The molecule has 1 saturated carbocycles. The van der Waals surface area contributed by atoms with Crippen molar-refractivity contribution < 1.29 is 9.53 Å². The number of nitrogens with zero attached hydrogens (tertiary/aromatic N) is 3. The van der Waals surface area contributed by atoms with Gasteiger partial charge in [-0.2, -0.15) is 0 Å². The lowest BCUT2D eigenvalue weighted by atomic mass is 9.85. The normalized spacial score (nSPS) is 24.9. The third-order valence-corrected chi connectivity index (χ3v) is 6.60. The van der Waals surface area contributed by atoms with Crippen molar-refractivity contribution in [3.05, 3.63) is 52.9 Å². The molecule has 2 aromatic rings. The molecule has 4 rings (SSSR count). The van der Waals surface area contributed by atoms with E-state index in [1.54, 1.807) is 18.5 Å². The number of thioether (sulfide) groups is 1. The zero-order valence-electron chi connectivity index (χ0n) is 15.2. The van der Waals surface area contributed by atoms with Crippen molar-refractivity contribution in [1.82, 2.24) is 9.97 Å². The van der Waals surface area contributed by atoms with Crippen LogP contribution in [0.15, 0.2) is 46.7 Å². The van der Waals surface area contributed by atoms with Crippen LogP contribution >= 0.6 is 23.4 Å². The molecule has 7 heteroatoms. The molecule has 2 aromatic heterocycles. The average Bonchev–Trinajstić information content (AvgIpc) is 2.92. The monoisotopic (exact) mass is 401 g/mol.